The molecule has 1 saturated carbocycles. The third-order valence-electron chi connectivity index (χ3n) is 4.36. The van der Waals surface area contributed by atoms with Crippen LogP contribution in [-0.2, 0) is 16.1 Å². The van der Waals surface area contributed by atoms with E-state index >= 15 is 0 Å². The minimum atomic E-state index is -0.118. The first-order valence-electron chi connectivity index (χ1n) is 8.66. The van der Waals surface area contributed by atoms with E-state index in [1.54, 1.807) is 4.90 Å². The molecular weight excluding hydrogens is 288 g/mol. The van der Waals surface area contributed by atoms with Crippen molar-refractivity contribution in [3.8, 4) is 0 Å². The van der Waals surface area contributed by atoms with Gasteiger partial charge in [-0.25, -0.2) is 0 Å². The van der Waals surface area contributed by atoms with E-state index < -0.39 is 0 Å². The van der Waals surface area contributed by atoms with E-state index in [-0.39, 0.29) is 23.7 Å². The smallest absolute Gasteiger partial charge is 0.226 e. The summed E-state index contributed by atoms with van der Waals surface area (Å²) >= 11 is 0. The van der Waals surface area contributed by atoms with Gasteiger partial charge in [-0.15, -0.1) is 0 Å². The Kier molecular flexibility index (Phi) is 6.20. The molecule has 0 aromatic heterocycles. The van der Waals surface area contributed by atoms with Gasteiger partial charge in [0.25, 0.3) is 0 Å². The second kappa shape index (κ2) is 8.14. The molecule has 0 spiro atoms. The van der Waals surface area contributed by atoms with Crippen molar-refractivity contribution in [3.05, 3.63) is 35.9 Å². The van der Waals surface area contributed by atoms with Gasteiger partial charge in [-0.1, -0.05) is 44.2 Å². The molecule has 0 aliphatic heterocycles. The van der Waals surface area contributed by atoms with Crippen molar-refractivity contribution >= 4 is 11.8 Å². The lowest BCUT2D eigenvalue weighted by molar-refractivity contribution is -0.137. The molecule has 0 heterocycles. The first-order valence-corrected chi connectivity index (χ1v) is 8.66. The van der Waals surface area contributed by atoms with Crippen LogP contribution in [0.4, 0.5) is 0 Å². The van der Waals surface area contributed by atoms with Gasteiger partial charge < -0.3 is 9.80 Å². The Morgan fingerprint density at radius 2 is 1.57 bits per heavy atom. The molecule has 0 radical (unpaired) electrons. The van der Waals surface area contributed by atoms with Crippen LogP contribution in [0.2, 0.25) is 0 Å². The predicted octanol–water partition coefficient (Wildman–Crippen LogP) is 2.93. The van der Waals surface area contributed by atoms with Crippen LogP contribution in [0.25, 0.3) is 0 Å². The van der Waals surface area contributed by atoms with Gasteiger partial charge in [0.15, 0.2) is 0 Å². The van der Waals surface area contributed by atoms with Crippen LogP contribution in [0, 0.1) is 11.8 Å². The number of hydrogen-bond donors (Lipinski definition) is 0. The molecule has 2 amide bonds. The molecule has 0 N–H and O–H groups in total. The summed E-state index contributed by atoms with van der Waals surface area (Å²) in [6.45, 7) is 6.36. The molecule has 2 atom stereocenters. The molecule has 4 nitrogen and oxygen atoms in total. The maximum absolute atomic E-state index is 12.5. The van der Waals surface area contributed by atoms with Crippen molar-refractivity contribution < 1.29 is 9.59 Å². The molecule has 1 aliphatic rings. The zero-order valence-corrected chi connectivity index (χ0v) is 14.5. The average Bonchev–Trinajstić information content (AvgIpc) is 3.34. The molecule has 0 saturated heterocycles. The number of benzene rings is 1. The van der Waals surface area contributed by atoms with Gasteiger partial charge in [0.2, 0.25) is 11.8 Å². The van der Waals surface area contributed by atoms with Crippen molar-refractivity contribution in [2.24, 2.45) is 11.8 Å². The lowest BCUT2D eigenvalue weighted by Gasteiger charge is -2.22. The SMILES string of the molecule is CCCN(CCC)C(=O)C1CC1C(=O)N(C)Cc1ccccc1. The zero-order chi connectivity index (χ0) is 16.8. The first kappa shape index (κ1) is 17.5. The Labute approximate surface area is 139 Å². The Bertz CT molecular complexity index is 523. The Morgan fingerprint density at radius 1 is 1.00 bits per heavy atom. The lowest BCUT2D eigenvalue weighted by Crippen LogP contribution is -2.35. The monoisotopic (exact) mass is 316 g/mol. The van der Waals surface area contributed by atoms with Crippen molar-refractivity contribution in [2.45, 2.75) is 39.7 Å². The standard InChI is InChI=1S/C19H28N2O2/c1-4-11-21(12-5-2)19(23)17-13-16(17)18(22)20(3)14-15-9-7-6-8-10-15/h6-10,16-17H,4-5,11-14H2,1-3H3. The third kappa shape index (κ3) is 4.57. The van der Waals surface area contributed by atoms with Gasteiger partial charge in [-0.05, 0) is 24.8 Å². The fraction of sp³-hybridized carbons (Fsp3) is 0.579. The molecule has 126 valence electrons. The Balaban J connectivity index is 1.88. The summed E-state index contributed by atoms with van der Waals surface area (Å²) < 4.78 is 0. The van der Waals surface area contributed by atoms with Gasteiger partial charge >= 0.3 is 0 Å². The summed E-state index contributed by atoms with van der Waals surface area (Å²) in [5.74, 6) is 0.0477. The highest BCUT2D eigenvalue weighted by Gasteiger charge is 2.50. The molecule has 23 heavy (non-hydrogen) atoms. The van der Waals surface area contributed by atoms with Crippen LogP contribution in [0.5, 0.6) is 0 Å². The number of amides is 2. The molecule has 1 aromatic carbocycles. The fourth-order valence-corrected chi connectivity index (χ4v) is 3.07. The van der Waals surface area contributed by atoms with Crippen molar-refractivity contribution in [1.29, 1.82) is 0 Å². The second-order valence-corrected chi connectivity index (χ2v) is 6.45. The molecular formula is C19H28N2O2. The number of nitrogens with zero attached hydrogens (tertiary/aromatic N) is 2. The summed E-state index contributed by atoms with van der Waals surface area (Å²) in [4.78, 5) is 28.7. The summed E-state index contributed by atoms with van der Waals surface area (Å²) in [6, 6.07) is 9.96. The van der Waals surface area contributed by atoms with Crippen molar-refractivity contribution in [2.75, 3.05) is 20.1 Å². The average molecular weight is 316 g/mol. The highest BCUT2D eigenvalue weighted by atomic mass is 16.2. The summed E-state index contributed by atoms with van der Waals surface area (Å²) in [5.41, 5.74) is 1.12. The van der Waals surface area contributed by atoms with Crippen molar-refractivity contribution in [3.63, 3.8) is 0 Å². The fourth-order valence-electron chi connectivity index (χ4n) is 3.07. The van der Waals surface area contributed by atoms with Crippen molar-refractivity contribution in [1.82, 2.24) is 9.80 Å². The second-order valence-electron chi connectivity index (χ2n) is 6.45. The molecule has 0 bridgehead atoms. The van der Waals surface area contributed by atoms with E-state index in [1.165, 1.54) is 0 Å². The van der Waals surface area contributed by atoms with Crippen LogP contribution in [0.3, 0.4) is 0 Å². The Hall–Kier alpha value is -1.84. The molecule has 1 aliphatic carbocycles. The topological polar surface area (TPSA) is 40.6 Å². The number of rotatable bonds is 8. The number of carbonyl (C=O) groups is 2. The van der Waals surface area contributed by atoms with E-state index in [0.717, 1.165) is 31.5 Å². The highest BCUT2D eigenvalue weighted by Crippen LogP contribution is 2.41. The normalized spacial score (nSPS) is 19.3. The van der Waals surface area contributed by atoms with E-state index in [9.17, 15) is 9.59 Å². The summed E-state index contributed by atoms with van der Waals surface area (Å²) in [6.07, 6.45) is 2.64. The summed E-state index contributed by atoms with van der Waals surface area (Å²) in [7, 11) is 1.82. The highest BCUT2D eigenvalue weighted by molar-refractivity contribution is 5.92. The molecule has 2 unspecified atom stereocenters. The van der Waals surface area contributed by atoms with Gasteiger partial charge in [-0.3, -0.25) is 9.59 Å². The van der Waals surface area contributed by atoms with E-state index in [4.69, 9.17) is 0 Å². The van der Waals surface area contributed by atoms with Gasteiger partial charge in [0.05, 0.1) is 11.8 Å². The Morgan fingerprint density at radius 3 is 2.13 bits per heavy atom. The molecule has 1 fully saturated rings. The van der Waals surface area contributed by atoms with Gasteiger partial charge in [0, 0.05) is 26.7 Å². The lowest BCUT2D eigenvalue weighted by atomic mass is 10.2. The van der Waals surface area contributed by atoms with Gasteiger partial charge in [0.1, 0.15) is 0 Å². The maximum atomic E-state index is 12.5. The minimum Gasteiger partial charge on any atom is -0.342 e. The zero-order valence-electron chi connectivity index (χ0n) is 14.5. The predicted molar refractivity (Wildman–Crippen MR) is 91.7 cm³/mol. The van der Waals surface area contributed by atoms with E-state index in [2.05, 4.69) is 13.8 Å². The molecule has 4 heteroatoms. The van der Waals surface area contributed by atoms with Crippen LogP contribution in [0.1, 0.15) is 38.7 Å². The van der Waals surface area contributed by atoms with E-state index in [1.807, 2.05) is 42.3 Å². The van der Waals surface area contributed by atoms with Crippen LogP contribution < -0.4 is 0 Å². The quantitative estimate of drug-likeness (QED) is 0.740. The summed E-state index contributed by atoms with van der Waals surface area (Å²) in [5, 5.41) is 0. The minimum absolute atomic E-state index is 0.0974. The first-order chi connectivity index (χ1) is 11.1. The van der Waals surface area contributed by atoms with E-state index in [0.29, 0.717) is 13.0 Å². The molecule has 2 rings (SSSR count). The van der Waals surface area contributed by atoms with Crippen LogP contribution in [0.15, 0.2) is 30.3 Å². The largest absolute Gasteiger partial charge is 0.342 e. The van der Waals surface area contributed by atoms with Gasteiger partial charge in [-0.2, -0.15) is 0 Å². The number of carbonyl (C=O) groups excluding carboxylic acids is 2. The number of hydrogen-bond acceptors (Lipinski definition) is 2. The molecule has 1 aromatic rings. The van der Waals surface area contributed by atoms with Crippen LogP contribution >= 0.6 is 0 Å². The maximum Gasteiger partial charge on any atom is 0.226 e. The third-order valence-corrected chi connectivity index (χ3v) is 4.36. The van der Waals surface area contributed by atoms with Crippen LogP contribution in [-0.4, -0.2) is 41.8 Å².